The molecule has 1 amide bonds. The highest BCUT2D eigenvalue weighted by atomic mass is 79.9. The Morgan fingerprint density at radius 3 is 1.93 bits per heavy atom. The van der Waals surface area contributed by atoms with Gasteiger partial charge in [-0.1, -0.05) is 75.6 Å². The van der Waals surface area contributed by atoms with Crippen molar-refractivity contribution in [1.29, 1.82) is 0 Å². The molecule has 0 aromatic heterocycles. The minimum atomic E-state index is -0.720. The molecule has 0 saturated carbocycles. The van der Waals surface area contributed by atoms with E-state index in [-0.39, 0.29) is 11.3 Å². The zero-order chi connectivity index (χ0) is 21.4. The molecule has 0 aliphatic carbocycles. The third kappa shape index (κ3) is 3.57. The number of aliphatic hydroxyl groups is 1. The number of nitrogens with zero attached hydrogens (tertiary/aromatic N) is 1. The number of hydrogen-bond donors (Lipinski definition) is 1. The van der Waals surface area contributed by atoms with Crippen molar-refractivity contribution in [2.75, 3.05) is 4.90 Å². The molecule has 0 spiro atoms. The molecule has 1 N–H and O–H groups in total. The van der Waals surface area contributed by atoms with Crippen LogP contribution in [0.5, 0.6) is 0 Å². The second-order valence-electron chi connectivity index (χ2n) is 7.42. The van der Waals surface area contributed by atoms with Crippen molar-refractivity contribution in [1.82, 2.24) is 0 Å². The highest BCUT2D eigenvalue weighted by Crippen LogP contribution is 2.42. The lowest BCUT2D eigenvalue weighted by Crippen LogP contribution is -2.29. The summed E-state index contributed by atoms with van der Waals surface area (Å²) in [7, 11) is 0. The van der Waals surface area contributed by atoms with Gasteiger partial charge in [0, 0.05) is 15.7 Å². The first-order valence-corrected chi connectivity index (χ1v) is 10.4. The molecule has 30 heavy (non-hydrogen) atoms. The van der Waals surface area contributed by atoms with Gasteiger partial charge in [0.15, 0.2) is 0 Å². The Morgan fingerprint density at radius 1 is 0.833 bits per heavy atom. The number of aryl methyl sites for hydroxylation is 2. The molecular formula is C25H20BrNO3. The molecule has 1 heterocycles. The topological polar surface area (TPSA) is 57.6 Å². The summed E-state index contributed by atoms with van der Waals surface area (Å²) in [5.74, 6) is -1.52. The predicted octanol–water partition coefficient (Wildman–Crippen LogP) is 5.69. The van der Waals surface area contributed by atoms with Gasteiger partial charge in [-0.05, 0) is 43.7 Å². The monoisotopic (exact) mass is 461 g/mol. The summed E-state index contributed by atoms with van der Waals surface area (Å²) in [6.07, 6.45) is 0. The number of benzene rings is 3. The molecule has 150 valence electrons. The van der Waals surface area contributed by atoms with Crippen molar-refractivity contribution in [2.24, 2.45) is 0 Å². The minimum absolute atomic E-state index is 0.0896. The van der Waals surface area contributed by atoms with Crippen molar-refractivity contribution in [3.05, 3.63) is 105 Å². The standard InChI is InChI=1S/C25H20BrNO3/c1-15-3-7-18(8-4-15)23(28)21-22(17-9-11-19(26)12-10-17)27(25(30)24(21)29)20-13-5-16(2)6-14-20/h3-14,22,28H,1-2H3/t22-/m1/s1. The molecule has 1 fully saturated rings. The quantitative estimate of drug-likeness (QED) is 0.309. The second-order valence-corrected chi connectivity index (χ2v) is 8.34. The van der Waals surface area contributed by atoms with Crippen molar-refractivity contribution >= 4 is 39.1 Å². The number of amides is 1. The molecule has 3 aromatic rings. The first-order chi connectivity index (χ1) is 14.4. The smallest absolute Gasteiger partial charge is 0.300 e. The number of carbonyl (C=O) groups excluding carboxylic acids is 2. The van der Waals surface area contributed by atoms with E-state index in [9.17, 15) is 14.7 Å². The molecule has 0 unspecified atom stereocenters. The number of hydrogen-bond acceptors (Lipinski definition) is 3. The average Bonchev–Trinajstić information content (AvgIpc) is 3.00. The lowest BCUT2D eigenvalue weighted by Gasteiger charge is -2.25. The Morgan fingerprint density at radius 2 is 1.37 bits per heavy atom. The van der Waals surface area contributed by atoms with E-state index in [1.165, 1.54) is 4.90 Å². The van der Waals surface area contributed by atoms with Gasteiger partial charge in [-0.2, -0.15) is 0 Å². The third-order valence-electron chi connectivity index (χ3n) is 5.27. The van der Waals surface area contributed by atoms with E-state index in [2.05, 4.69) is 15.9 Å². The molecule has 0 bridgehead atoms. The average molecular weight is 462 g/mol. The molecule has 5 heteroatoms. The molecule has 1 saturated heterocycles. The molecule has 1 atom stereocenters. The van der Waals surface area contributed by atoms with Crippen molar-refractivity contribution in [2.45, 2.75) is 19.9 Å². The Balaban J connectivity index is 1.93. The summed E-state index contributed by atoms with van der Waals surface area (Å²) in [6.45, 7) is 3.91. The first kappa shape index (κ1) is 20.1. The molecule has 4 nitrogen and oxygen atoms in total. The van der Waals surface area contributed by atoms with Crippen LogP contribution in [-0.2, 0) is 9.59 Å². The van der Waals surface area contributed by atoms with Crippen LogP contribution >= 0.6 is 15.9 Å². The summed E-state index contributed by atoms with van der Waals surface area (Å²) >= 11 is 3.42. The highest BCUT2D eigenvalue weighted by Gasteiger charge is 2.46. The van der Waals surface area contributed by atoms with E-state index in [0.29, 0.717) is 11.3 Å². The maximum absolute atomic E-state index is 13.1. The van der Waals surface area contributed by atoms with E-state index < -0.39 is 17.7 Å². The predicted molar refractivity (Wildman–Crippen MR) is 121 cm³/mol. The van der Waals surface area contributed by atoms with Gasteiger partial charge in [-0.3, -0.25) is 14.5 Å². The van der Waals surface area contributed by atoms with Crippen LogP contribution in [0.4, 0.5) is 5.69 Å². The number of ketones is 1. The van der Waals surface area contributed by atoms with E-state index in [1.807, 2.05) is 74.5 Å². The summed E-state index contributed by atoms with van der Waals surface area (Å²) in [5, 5.41) is 11.1. The third-order valence-corrected chi connectivity index (χ3v) is 5.80. The highest BCUT2D eigenvalue weighted by molar-refractivity contribution is 9.10. The molecule has 0 radical (unpaired) electrons. The van der Waals surface area contributed by atoms with Gasteiger partial charge in [0.25, 0.3) is 11.7 Å². The summed E-state index contributed by atoms with van der Waals surface area (Å²) < 4.78 is 0.886. The van der Waals surface area contributed by atoms with Crippen LogP contribution < -0.4 is 4.90 Å². The van der Waals surface area contributed by atoms with E-state index in [1.54, 1.807) is 12.1 Å². The van der Waals surface area contributed by atoms with Crippen LogP contribution in [0.2, 0.25) is 0 Å². The molecular weight excluding hydrogens is 442 g/mol. The number of aliphatic hydroxyl groups excluding tert-OH is 1. The molecule has 3 aromatic carbocycles. The SMILES string of the molecule is Cc1ccc(C(O)=C2C(=O)C(=O)N(c3ccc(C)cc3)[C@@H]2c2ccc(Br)cc2)cc1. The number of Topliss-reactive ketones (excluding diaryl/α,β-unsaturated/α-hetero) is 1. The fraction of sp³-hybridized carbons (Fsp3) is 0.120. The van der Waals surface area contributed by atoms with Crippen LogP contribution in [0.15, 0.2) is 82.8 Å². The Kier molecular flexibility index (Phi) is 5.31. The fourth-order valence-corrected chi connectivity index (χ4v) is 3.90. The second kappa shape index (κ2) is 7.92. The number of halogens is 1. The Labute approximate surface area is 183 Å². The van der Waals surface area contributed by atoms with E-state index in [0.717, 1.165) is 21.2 Å². The lowest BCUT2D eigenvalue weighted by atomic mass is 9.95. The number of rotatable bonds is 3. The van der Waals surface area contributed by atoms with Crippen LogP contribution in [0.1, 0.15) is 28.3 Å². The zero-order valence-electron chi connectivity index (χ0n) is 16.6. The summed E-state index contributed by atoms with van der Waals surface area (Å²) in [4.78, 5) is 27.6. The van der Waals surface area contributed by atoms with Gasteiger partial charge in [-0.25, -0.2) is 0 Å². The largest absolute Gasteiger partial charge is 0.507 e. The Bertz CT molecular complexity index is 1150. The maximum atomic E-state index is 13.1. The van der Waals surface area contributed by atoms with Crippen molar-refractivity contribution in [3.8, 4) is 0 Å². The van der Waals surface area contributed by atoms with Gasteiger partial charge >= 0.3 is 0 Å². The molecule has 1 aliphatic heterocycles. The summed E-state index contributed by atoms with van der Waals surface area (Å²) in [6, 6.07) is 21.4. The zero-order valence-corrected chi connectivity index (χ0v) is 18.2. The first-order valence-electron chi connectivity index (χ1n) is 9.57. The summed E-state index contributed by atoms with van der Waals surface area (Å²) in [5.41, 5.74) is 4.04. The van der Waals surface area contributed by atoms with Crippen LogP contribution in [0, 0.1) is 13.8 Å². The molecule has 4 rings (SSSR count). The van der Waals surface area contributed by atoms with E-state index in [4.69, 9.17) is 0 Å². The van der Waals surface area contributed by atoms with Gasteiger partial charge in [0.2, 0.25) is 0 Å². The van der Waals surface area contributed by atoms with Gasteiger partial charge in [0.05, 0.1) is 11.6 Å². The van der Waals surface area contributed by atoms with Crippen LogP contribution in [0.3, 0.4) is 0 Å². The van der Waals surface area contributed by atoms with Crippen LogP contribution in [-0.4, -0.2) is 16.8 Å². The maximum Gasteiger partial charge on any atom is 0.300 e. The van der Waals surface area contributed by atoms with Gasteiger partial charge < -0.3 is 5.11 Å². The van der Waals surface area contributed by atoms with E-state index >= 15 is 0 Å². The van der Waals surface area contributed by atoms with Gasteiger partial charge in [-0.15, -0.1) is 0 Å². The number of carbonyl (C=O) groups is 2. The Hall–Kier alpha value is -3.18. The van der Waals surface area contributed by atoms with Crippen molar-refractivity contribution in [3.63, 3.8) is 0 Å². The van der Waals surface area contributed by atoms with Gasteiger partial charge in [0.1, 0.15) is 5.76 Å². The normalized spacial score (nSPS) is 18.1. The van der Waals surface area contributed by atoms with Crippen LogP contribution in [0.25, 0.3) is 5.76 Å². The van der Waals surface area contributed by atoms with Crippen molar-refractivity contribution < 1.29 is 14.7 Å². The fourth-order valence-electron chi connectivity index (χ4n) is 3.63. The number of anilines is 1. The lowest BCUT2D eigenvalue weighted by molar-refractivity contribution is -0.132. The molecule has 1 aliphatic rings. The minimum Gasteiger partial charge on any atom is -0.507 e.